The van der Waals surface area contributed by atoms with Crippen LogP contribution in [0.4, 0.5) is 0 Å². The predicted molar refractivity (Wildman–Crippen MR) is 291 cm³/mol. The molecule has 64 heavy (non-hydrogen) atoms. The summed E-state index contributed by atoms with van der Waals surface area (Å²) in [6.07, 6.45) is 34.5. The fourth-order valence-corrected chi connectivity index (χ4v) is 25.0. The summed E-state index contributed by atoms with van der Waals surface area (Å²) in [5, 5.41) is 21.7. The average molecular weight is 879 g/mol. The van der Waals surface area contributed by atoms with Gasteiger partial charge in [-0.3, -0.25) is 0 Å². The van der Waals surface area contributed by atoms with Gasteiger partial charge in [-0.05, 0) is 64.6 Å². The zero-order chi connectivity index (χ0) is 43.0. The van der Waals surface area contributed by atoms with Gasteiger partial charge in [0.25, 0.3) is 0 Å². The van der Waals surface area contributed by atoms with Crippen LogP contribution in [-0.4, -0.2) is 16.1 Å². The van der Waals surface area contributed by atoms with Gasteiger partial charge < -0.3 is 0 Å². The third-order valence-electron chi connectivity index (χ3n) is 17.4. The Kier molecular flexibility index (Phi) is 14.4. The van der Waals surface area contributed by atoms with Gasteiger partial charge >= 0.3 is 0 Å². The summed E-state index contributed by atoms with van der Waals surface area (Å²) in [6, 6.07) is 53.1. The minimum Gasteiger partial charge on any atom is -0.0618 e. The largest absolute Gasteiger partial charge is 0.0875 e. The monoisotopic (exact) mass is 879 g/mol. The Hall–Kier alpha value is -3.73. The third kappa shape index (κ3) is 9.31. The Morgan fingerprint density at radius 2 is 0.422 bits per heavy atom. The molecular weight excluding hydrogens is 801 g/mol. The van der Waals surface area contributed by atoms with Crippen LogP contribution in [0.2, 0.25) is 36.3 Å². The van der Waals surface area contributed by atoms with Crippen LogP contribution in [0.3, 0.4) is 0 Å². The van der Waals surface area contributed by atoms with E-state index in [9.17, 15) is 0 Å². The quantitative estimate of drug-likeness (QED) is 0.120. The fourth-order valence-electron chi connectivity index (χ4n) is 13.9. The summed E-state index contributed by atoms with van der Waals surface area (Å²) >= 11 is 0. The minimum atomic E-state index is -1.77. The van der Waals surface area contributed by atoms with Crippen molar-refractivity contribution in [3.8, 4) is 0 Å². The molecular formula is C62H78Si2. The Morgan fingerprint density at radius 1 is 0.203 bits per heavy atom. The van der Waals surface area contributed by atoms with E-state index in [1.807, 2.05) is 10.4 Å². The van der Waals surface area contributed by atoms with Crippen molar-refractivity contribution in [1.82, 2.24) is 0 Å². The second-order valence-corrected chi connectivity index (χ2v) is 30.7. The van der Waals surface area contributed by atoms with Gasteiger partial charge in [0.05, 0.1) is 16.1 Å². The summed E-state index contributed by atoms with van der Waals surface area (Å²) in [5.41, 5.74) is 0. The first-order valence-corrected chi connectivity index (χ1v) is 32.3. The van der Waals surface area contributed by atoms with Gasteiger partial charge in [-0.2, -0.15) is 0 Å². The minimum absolute atomic E-state index is 1.42. The van der Waals surface area contributed by atoms with Gasteiger partial charge in [0, 0.05) is 0 Å². The lowest BCUT2D eigenvalue weighted by Crippen LogP contribution is -2.48. The summed E-state index contributed by atoms with van der Waals surface area (Å²) in [7, 11) is -3.54. The van der Waals surface area contributed by atoms with E-state index in [1.165, 1.54) is 233 Å². The van der Waals surface area contributed by atoms with E-state index < -0.39 is 16.1 Å². The van der Waals surface area contributed by atoms with E-state index in [0.717, 1.165) is 0 Å². The number of benzene rings is 8. The molecule has 3 aliphatic heterocycles. The van der Waals surface area contributed by atoms with E-state index in [0.29, 0.717) is 0 Å². The molecule has 0 nitrogen and oxygen atoms in total. The summed E-state index contributed by atoms with van der Waals surface area (Å²) in [5.74, 6) is 0. The topological polar surface area (TPSA) is 0 Å². The van der Waals surface area contributed by atoms with Gasteiger partial charge in [0.15, 0.2) is 0 Å². The van der Waals surface area contributed by atoms with Crippen molar-refractivity contribution in [2.75, 3.05) is 0 Å². The van der Waals surface area contributed by atoms with E-state index >= 15 is 0 Å². The molecule has 0 unspecified atom stereocenters. The maximum atomic E-state index is 2.68. The molecule has 0 radical (unpaired) electrons. The van der Waals surface area contributed by atoms with E-state index in [4.69, 9.17) is 0 Å². The van der Waals surface area contributed by atoms with E-state index in [2.05, 4.69) is 109 Å². The molecule has 0 atom stereocenters. The second kappa shape index (κ2) is 20.8. The van der Waals surface area contributed by atoms with Gasteiger partial charge in [-0.1, -0.05) is 310 Å². The van der Waals surface area contributed by atoms with Crippen LogP contribution >= 0.6 is 0 Å². The summed E-state index contributed by atoms with van der Waals surface area (Å²) in [4.78, 5) is 0. The van der Waals surface area contributed by atoms with Crippen molar-refractivity contribution in [2.24, 2.45) is 0 Å². The molecule has 8 aromatic carbocycles. The molecule has 0 spiro atoms. The fraction of sp³-hybridized carbons (Fsp3) is 0.484. The van der Waals surface area contributed by atoms with Crippen molar-refractivity contribution in [1.29, 1.82) is 0 Å². The maximum absolute atomic E-state index is 2.68. The van der Waals surface area contributed by atoms with Gasteiger partial charge in [0.1, 0.15) is 0 Å². The first-order chi connectivity index (χ1) is 31.7. The Balaban J connectivity index is 0.934. The SMILES string of the molecule is c1cc2ccc3ccc([Si]45CCCCCCCCCC[Si](c6ccc7ccc8cccc9ccc6c7c89)(CCCCCCCCCC4)CCCCCCCCCC5)c4ccc(c1)c2c34. The molecule has 334 valence electrons. The number of rotatable bonds is 2. The van der Waals surface area contributed by atoms with E-state index in [1.54, 1.807) is 21.5 Å². The van der Waals surface area contributed by atoms with Crippen LogP contribution in [0, 0.1) is 0 Å². The second-order valence-electron chi connectivity index (χ2n) is 21.5. The molecule has 8 aromatic rings. The van der Waals surface area contributed by atoms with Crippen molar-refractivity contribution in [3.05, 3.63) is 109 Å². The van der Waals surface area contributed by atoms with Crippen LogP contribution < -0.4 is 10.4 Å². The highest BCUT2D eigenvalue weighted by Crippen LogP contribution is 2.40. The molecule has 3 fully saturated rings. The normalized spacial score (nSPS) is 23.4. The standard InChI is InChI=1S/C62H78Si2/c1-2-8-14-20-44-64(58-42-38-54-34-32-50-28-26-30-52-36-40-56(58)62(54)60(50)52)47-23-17-11-5-3-9-15-21-45-63(43-19-13-7-1,46-22-16-10-4-6-12-18-24-48-64)57-41-37-53-33-31-49-27-25-29-51-35-39-55(57)61(53)59(49)51/h25-42H,1-24,43-48H2. The molecule has 0 aromatic heterocycles. The third-order valence-corrected chi connectivity index (χ3v) is 28.4. The zero-order valence-corrected chi connectivity index (χ0v) is 41.6. The molecule has 0 saturated carbocycles. The molecule has 2 heteroatoms. The molecule has 3 saturated heterocycles. The molecule has 2 bridgehead atoms. The maximum Gasteiger partial charge on any atom is 0.0875 e. The summed E-state index contributed by atoms with van der Waals surface area (Å²) in [6.45, 7) is 0. The Labute approximate surface area is 388 Å². The highest BCUT2D eigenvalue weighted by molar-refractivity contribution is 6.94. The highest BCUT2D eigenvalue weighted by Gasteiger charge is 2.37. The first kappa shape index (κ1) is 44.1. The van der Waals surface area contributed by atoms with Crippen molar-refractivity contribution in [3.63, 3.8) is 0 Å². The zero-order valence-electron chi connectivity index (χ0n) is 39.6. The lowest BCUT2D eigenvalue weighted by Gasteiger charge is -2.35. The molecule has 11 rings (SSSR count). The predicted octanol–water partition coefficient (Wildman–Crippen LogP) is 18.9. The van der Waals surface area contributed by atoms with E-state index in [-0.39, 0.29) is 0 Å². The summed E-state index contributed by atoms with van der Waals surface area (Å²) < 4.78 is 0. The smallest absolute Gasteiger partial charge is 0.0618 e. The molecule has 0 N–H and O–H groups in total. The van der Waals surface area contributed by atoms with Crippen LogP contribution in [-0.2, 0) is 0 Å². The molecule has 3 aliphatic rings. The van der Waals surface area contributed by atoms with Crippen LogP contribution in [0.5, 0.6) is 0 Å². The molecule has 0 amide bonds. The lowest BCUT2D eigenvalue weighted by atomic mass is 9.94. The van der Waals surface area contributed by atoms with Gasteiger partial charge in [-0.25, -0.2) is 0 Å². The van der Waals surface area contributed by atoms with Crippen molar-refractivity contribution < 1.29 is 0 Å². The van der Waals surface area contributed by atoms with Crippen molar-refractivity contribution >= 4 is 91.2 Å². The van der Waals surface area contributed by atoms with Crippen LogP contribution in [0.1, 0.15) is 154 Å². The van der Waals surface area contributed by atoms with Crippen LogP contribution in [0.15, 0.2) is 109 Å². The first-order valence-electron chi connectivity index (χ1n) is 27.1. The lowest BCUT2D eigenvalue weighted by molar-refractivity contribution is 0.568. The Bertz CT molecular complexity index is 2440. The number of fused-ring (bicyclic) bond motifs is 27. The number of hydrogen-bond donors (Lipinski definition) is 0. The van der Waals surface area contributed by atoms with Crippen molar-refractivity contribution in [2.45, 2.75) is 190 Å². The number of hydrogen-bond acceptors (Lipinski definition) is 0. The average Bonchev–Trinajstić information content (AvgIpc) is 3.33. The highest BCUT2D eigenvalue weighted by atomic mass is 28.3. The van der Waals surface area contributed by atoms with Gasteiger partial charge in [0.2, 0.25) is 0 Å². The molecule has 3 heterocycles. The Morgan fingerprint density at radius 3 is 0.703 bits per heavy atom. The van der Waals surface area contributed by atoms with Crippen LogP contribution in [0.25, 0.3) is 64.6 Å². The molecule has 0 aliphatic carbocycles. The van der Waals surface area contributed by atoms with Gasteiger partial charge in [-0.15, -0.1) is 0 Å².